The number of nitro benzene ring substituents is 1. The molecule has 2 amide bonds. The number of benzene rings is 2. The lowest BCUT2D eigenvalue weighted by molar-refractivity contribution is -0.384. The molecule has 32 heavy (non-hydrogen) atoms. The van der Waals surface area contributed by atoms with Gasteiger partial charge in [0.05, 0.1) is 26.6 Å². The van der Waals surface area contributed by atoms with Gasteiger partial charge in [0, 0.05) is 12.1 Å². The van der Waals surface area contributed by atoms with Crippen molar-refractivity contribution in [2.75, 3.05) is 4.90 Å². The number of para-hydroxylation sites is 1. The van der Waals surface area contributed by atoms with Crippen LogP contribution in [0.2, 0.25) is 0 Å². The third-order valence-electron chi connectivity index (χ3n) is 4.49. The van der Waals surface area contributed by atoms with Gasteiger partial charge in [0.2, 0.25) is 0 Å². The standard InChI is InChI=1S/C21H11F3N2O5S/c22-21(23,24)12-4-3-5-13(10-12)25-19(27)18(32-20(25)28)11-14-8-9-17(31-14)15-6-1-2-7-16(15)26(29)30/h1-11H/b18-11+. The summed E-state index contributed by atoms with van der Waals surface area (Å²) >= 11 is 0.547. The maximum Gasteiger partial charge on any atom is 0.416 e. The summed E-state index contributed by atoms with van der Waals surface area (Å²) in [6.07, 6.45) is -3.37. The second-order valence-corrected chi connectivity index (χ2v) is 7.53. The first-order valence-corrected chi connectivity index (χ1v) is 9.75. The number of amides is 2. The molecular formula is C21H11F3N2O5S. The van der Waals surface area contributed by atoms with E-state index < -0.39 is 27.8 Å². The van der Waals surface area contributed by atoms with Crippen LogP contribution >= 0.6 is 11.8 Å². The lowest BCUT2D eigenvalue weighted by Gasteiger charge is -2.14. The lowest BCUT2D eigenvalue weighted by Crippen LogP contribution is -2.27. The summed E-state index contributed by atoms with van der Waals surface area (Å²) in [6, 6.07) is 12.8. The molecule has 4 rings (SSSR count). The Labute approximate surface area is 182 Å². The van der Waals surface area contributed by atoms with Crippen LogP contribution in [0.25, 0.3) is 17.4 Å². The topological polar surface area (TPSA) is 93.7 Å². The number of imide groups is 1. The van der Waals surface area contributed by atoms with E-state index >= 15 is 0 Å². The first kappa shape index (κ1) is 21.4. The number of halogens is 3. The Bertz CT molecular complexity index is 1280. The number of carbonyl (C=O) groups is 2. The van der Waals surface area contributed by atoms with Crippen LogP contribution in [0.5, 0.6) is 0 Å². The van der Waals surface area contributed by atoms with Gasteiger partial charge in [-0.15, -0.1) is 0 Å². The van der Waals surface area contributed by atoms with Gasteiger partial charge in [-0.25, -0.2) is 4.90 Å². The Morgan fingerprint density at radius 3 is 2.50 bits per heavy atom. The lowest BCUT2D eigenvalue weighted by atomic mass is 10.1. The quantitative estimate of drug-likeness (QED) is 0.265. The maximum absolute atomic E-state index is 13.0. The van der Waals surface area contributed by atoms with E-state index in [0.717, 1.165) is 18.2 Å². The summed E-state index contributed by atoms with van der Waals surface area (Å²) < 4.78 is 44.5. The van der Waals surface area contributed by atoms with Gasteiger partial charge >= 0.3 is 6.18 Å². The fourth-order valence-electron chi connectivity index (χ4n) is 3.06. The zero-order chi connectivity index (χ0) is 23.0. The van der Waals surface area contributed by atoms with E-state index in [-0.39, 0.29) is 33.4 Å². The highest BCUT2D eigenvalue weighted by molar-refractivity contribution is 8.19. The maximum atomic E-state index is 13.0. The van der Waals surface area contributed by atoms with Crippen LogP contribution in [0, 0.1) is 10.1 Å². The van der Waals surface area contributed by atoms with Crippen molar-refractivity contribution < 1.29 is 32.1 Å². The van der Waals surface area contributed by atoms with E-state index in [1.54, 1.807) is 6.07 Å². The highest BCUT2D eigenvalue weighted by Crippen LogP contribution is 2.39. The van der Waals surface area contributed by atoms with E-state index in [0.29, 0.717) is 16.7 Å². The predicted octanol–water partition coefficient (Wildman–Crippen LogP) is 6.11. The zero-order valence-corrected chi connectivity index (χ0v) is 16.6. The summed E-state index contributed by atoms with van der Waals surface area (Å²) in [5.74, 6) is -0.476. The molecule has 0 N–H and O–H groups in total. The average molecular weight is 460 g/mol. The number of thioether (sulfide) groups is 1. The Morgan fingerprint density at radius 2 is 1.78 bits per heavy atom. The van der Waals surface area contributed by atoms with Crippen LogP contribution in [-0.4, -0.2) is 16.1 Å². The molecule has 0 radical (unpaired) electrons. The highest BCUT2D eigenvalue weighted by Gasteiger charge is 2.38. The second-order valence-electron chi connectivity index (χ2n) is 6.54. The smallest absolute Gasteiger partial charge is 0.416 e. The minimum atomic E-state index is -4.63. The molecule has 0 unspecified atom stereocenters. The van der Waals surface area contributed by atoms with Crippen molar-refractivity contribution in [2.24, 2.45) is 0 Å². The summed E-state index contributed by atoms with van der Waals surface area (Å²) in [4.78, 5) is 36.3. The molecule has 7 nitrogen and oxygen atoms in total. The van der Waals surface area contributed by atoms with Crippen LogP contribution < -0.4 is 4.90 Å². The number of nitro groups is 1. The Hall–Kier alpha value is -3.86. The predicted molar refractivity (Wildman–Crippen MR) is 111 cm³/mol. The van der Waals surface area contributed by atoms with Crippen molar-refractivity contribution >= 4 is 40.4 Å². The van der Waals surface area contributed by atoms with Gasteiger partial charge in [-0.05, 0) is 48.2 Å². The minimum absolute atomic E-state index is 0.0594. The van der Waals surface area contributed by atoms with Gasteiger partial charge in [0.15, 0.2) is 0 Å². The number of alkyl halides is 3. The third kappa shape index (κ3) is 4.02. The van der Waals surface area contributed by atoms with Crippen molar-refractivity contribution in [3.8, 4) is 11.3 Å². The normalized spacial score (nSPS) is 15.6. The molecule has 1 aliphatic rings. The molecule has 1 aliphatic heterocycles. The minimum Gasteiger partial charge on any atom is -0.456 e. The number of rotatable bonds is 4. The molecule has 0 bridgehead atoms. The van der Waals surface area contributed by atoms with Gasteiger partial charge in [0.1, 0.15) is 11.5 Å². The second kappa shape index (κ2) is 8.00. The molecule has 162 valence electrons. The van der Waals surface area contributed by atoms with E-state index in [9.17, 15) is 32.9 Å². The largest absolute Gasteiger partial charge is 0.456 e. The van der Waals surface area contributed by atoms with Crippen molar-refractivity contribution in [1.82, 2.24) is 0 Å². The molecule has 1 fully saturated rings. The summed E-state index contributed by atoms with van der Waals surface area (Å²) in [6.45, 7) is 0. The molecule has 2 heterocycles. The number of carbonyl (C=O) groups excluding carboxylic acids is 2. The Kier molecular flexibility index (Phi) is 5.35. The number of hydrogen-bond acceptors (Lipinski definition) is 6. The van der Waals surface area contributed by atoms with E-state index in [4.69, 9.17) is 4.42 Å². The van der Waals surface area contributed by atoms with E-state index in [1.165, 1.54) is 42.5 Å². The third-order valence-corrected chi connectivity index (χ3v) is 5.36. The van der Waals surface area contributed by atoms with Crippen LogP contribution in [0.4, 0.5) is 29.3 Å². The molecule has 0 aliphatic carbocycles. The molecule has 11 heteroatoms. The van der Waals surface area contributed by atoms with Crippen LogP contribution in [0.15, 0.2) is 70.0 Å². The first-order chi connectivity index (χ1) is 15.1. The van der Waals surface area contributed by atoms with Crippen molar-refractivity contribution in [3.05, 3.63) is 87.0 Å². The monoisotopic (exact) mass is 460 g/mol. The van der Waals surface area contributed by atoms with Gasteiger partial charge in [-0.1, -0.05) is 18.2 Å². The van der Waals surface area contributed by atoms with E-state index in [2.05, 4.69) is 0 Å². The number of nitrogens with zero attached hydrogens (tertiary/aromatic N) is 2. The average Bonchev–Trinajstić information content (AvgIpc) is 3.32. The van der Waals surface area contributed by atoms with Gasteiger partial charge in [-0.2, -0.15) is 13.2 Å². The summed E-state index contributed by atoms with van der Waals surface area (Å²) in [5, 5.41) is 10.4. The molecular weight excluding hydrogens is 449 g/mol. The summed E-state index contributed by atoms with van der Waals surface area (Å²) in [7, 11) is 0. The van der Waals surface area contributed by atoms with Crippen molar-refractivity contribution in [1.29, 1.82) is 0 Å². The molecule has 0 spiro atoms. The van der Waals surface area contributed by atoms with Gasteiger partial charge in [0.25, 0.3) is 16.8 Å². The molecule has 3 aromatic rings. The van der Waals surface area contributed by atoms with Crippen LogP contribution in [0.1, 0.15) is 11.3 Å². The molecule has 1 aromatic heterocycles. The zero-order valence-electron chi connectivity index (χ0n) is 15.8. The van der Waals surface area contributed by atoms with Crippen molar-refractivity contribution in [2.45, 2.75) is 6.18 Å². The van der Waals surface area contributed by atoms with Gasteiger partial charge < -0.3 is 4.42 Å². The van der Waals surface area contributed by atoms with Crippen LogP contribution in [-0.2, 0) is 11.0 Å². The number of furan rings is 1. The number of hydrogen-bond donors (Lipinski definition) is 0. The first-order valence-electron chi connectivity index (χ1n) is 8.94. The fraction of sp³-hybridized carbons (Fsp3) is 0.0476. The molecule has 1 saturated heterocycles. The van der Waals surface area contributed by atoms with Gasteiger partial charge in [-0.3, -0.25) is 19.7 Å². The molecule has 2 aromatic carbocycles. The SMILES string of the molecule is O=C1S/C(=C/c2ccc(-c3ccccc3[N+](=O)[O-])o2)C(=O)N1c1cccc(C(F)(F)F)c1. The number of anilines is 1. The fourth-order valence-corrected chi connectivity index (χ4v) is 3.88. The molecule has 0 atom stereocenters. The molecule has 0 saturated carbocycles. The Balaban J connectivity index is 1.63. The Morgan fingerprint density at radius 1 is 1.03 bits per heavy atom. The van der Waals surface area contributed by atoms with Crippen LogP contribution in [0.3, 0.4) is 0 Å². The van der Waals surface area contributed by atoms with E-state index in [1.807, 2.05) is 0 Å². The summed E-state index contributed by atoms with van der Waals surface area (Å²) in [5.41, 5.74) is -1.13. The highest BCUT2D eigenvalue weighted by atomic mass is 32.2. The van der Waals surface area contributed by atoms with Crippen molar-refractivity contribution in [3.63, 3.8) is 0 Å².